The second-order valence-electron chi connectivity index (χ2n) is 2.49. The van der Waals surface area contributed by atoms with E-state index in [1.807, 2.05) is 0 Å². The van der Waals surface area contributed by atoms with Crippen LogP contribution < -0.4 is 0 Å². The molecule has 96 valence electrons. The third-order valence-corrected chi connectivity index (χ3v) is 1.43. The SMILES string of the molecule is FC1(F)OOOOC(F)(F)C(F)(F)C1(F)F. The number of hydrogen-bond donors (Lipinski definition) is 0. The highest BCUT2D eigenvalue weighted by Gasteiger charge is 2.84. The second-order valence-corrected chi connectivity index (χ2v) is 2.49. The Morgan fingerprint density at radius 3 is 1.00 bits per heavy atom. The lowest BCUT2D eigenvalue weighted by Crippen LogP contribution is -2.64. The van der Waals surface area contributed by atoms with E-state index in [2.05, 4.69) is 19.9 Å². The van der Waals surface area contributed by atoms with Crippen LogP contribution in [0.1, 0.15) is 0 Å². The van der Waals surface area contributed by atoms with Crippen LogP contribution in [0, 0.1) is 0 Å². The molecule has 1 aliphatic heterocycles. The average Bonchev–Trinajstić information content (AvgIpc) is 2.10. The van der Waals surface area contributed by atoms with Gasteiger partial charge in [-0.05, 0) is 10.1 Å². The maximum absolute atomic E-state index is 12.4. The van der Waals surface area contributed by atoms with Crippen LogP contribution in [0.2, 0.25) is 0 Å². The highest BCUT2D eigenvalue weighted by Crippen LogP contribution is 2.54. The zero-order valence-corrected chi connectivity index (χ0v) is 6.66. The van der Waals surface area contributed by atoms with E-state index in [1.165, 1.54) is 0 Å². The molecule has 0 aromatic carbocycles. The van der Waals surface area contributed by atoms with Gasteiger partial charge in [-0.25, -0.2) is 0 Å². The van der Waals surface area contributed by atoms with Gasteiger partial charge in [-0.15, -0.1) is 9.78 Å². The van der Waals surface area contributed by atoms with Crippen molar-refractivity contribution in [3.8, 4) is 0 Å². The summed E-state index contributed by atoms with van der Waals surface area (Å²) >= 11 is 0. The summed E-state index contributed by atoms with van der Waals surface area (Å²) in [5.74, 6) is -13.2. The molecule has 0 aliphatic carbocycles. The van der Waals surface area contributed by atoms with Crippen LogP contribution in [0.3, 0.4) is 0 Å². The van der Waals surface area contributed by atoms with Crippen molar-refractivity contribution in [3.05, 3.63) is 0 Å². The first-order chi connectivity index (χ1) is 6.96. The Labute approximate surface area is 80.4 Å². The average molecular weight is 264 g/mol. The predicted molar refractivity (Wildman–Crippen MR) is 24.1 cm³/mol. The third kappa shape index (κ3) is 1.61. The number of alkyl halides is 8. The predicted octanol–water partition coefficient (Wildman–Crippen LogP) is 2.27. The Kier molecular flexibility index (Phi) is 2.82. The van der Waals surface area contributed by atoms with Gasteiger partial charge in [-0.1, -0.05) is 0 Å². The van der Waals surface area contributed by atoms with E-state index in [4.69, 9.17) is 0 Å². The fourth-order valence-corrected chi connectivity index (χ4v) is 0.583. The molecule has 1 fully saturated rings. The molecule has 0 bridgehead atoms. The van der Waals surface area contributed by atoms with Crippen molar-refractivity contribution < 1.29 is 55.0 Å². The monoisotopic (exact) mass is 264 g/mol. The van der Waals surface area contributed by atoms with Crippen LogP contribution in [0.5, 0.6) is 0 Å². The fourth-order valence-electron chi connectivity index (χ4n) is 0.583. The molecule has 1 aliphatic rings. The highest BCUT2D eigenvalue weighted by molar-refractivity contribution is 4.96. The van der Waals surface area contributed by atoms with Crippen molar-refractivity contribution in [1.29, 1.82) is 0 Å². The van der Waals surface area contributed by atoms with E-state index < -0.39 is 24.1 Å². The Morgan fingerprint density at radius 2 is 0.750 bits per heavy atom. The van der Waals surface area contributed by atoms with Gasteiger partial charge >= 0.3 is 24.1 Å². The summed E-state index contributed by atoms with van der Waals surface area (Å²) in [7, 11) is 0. The summed E-state index contributed by atoms with van der Waals surface area (Å²) in [5.41, 5.74) is 0. The van der Waals surface area contributed by atoms with Crippen molar-refractivity contribution in [3.63, 3.8) is 0 Å². The molecule has 0 amide bonds. The first-order valence-corrected chi connectivity index (χ1v) is 3.17. The zero-order valence-electron chi connectivity index (χ0n) is 6.66. The minimum absolute atomic E-state index is 2.37. The molecule has 1 heterocycles. The van der Waals surface area contributed by atoms with Crippen molar-refractivity contribution in [2.45, 2.75) is 24.1 Å². The van der Waals surface area contributed by atoms with Gasteiger partial charge in [0.1, 0.15) is 0 Å². The first-order valence-electron chi connectivity index (χ1n) is 3.17. The molecule has 0 N–H and O–H groups in total. The number of halogens is 8. The molecule has 0 atom stereocenters. The van der Waals surface area contributed by atoms with Gasteiger partial charge in [-0.3, -0.25) is 0 Å². The molecular weight excluding hydrogens is 264 g/mol. The minimum Gasteiger partial charge on any atom is -0.189 e. The maximum Gasteiger partial charge on any atom is 0.454 e. The molecular formula is C4F8O4. The summed E-state index contributed by atoms with van der Waals surface area (Å²) in [6.45, 7) is 0. The molecule has 0 unspecified atom stereocenters. The Bertz CT molecular complexity index is 249. The minimum atomic E-state index is -6.59. The Morgan fingerprint density at radius 1 is 0.500 bits per heavy atom. The highest BCUT2D eigenvalue weighted by atomic mass is 19.4. The van der Waals surface area contributed by atoms with Crippen LogP contribution in [0.4, 0.5) is 35.1 Å². The summed E-state index contributed by atoms with van der Waals surface area (Å²) in [6.07, 6.45) is -12.1. The quantitative estimate of drug-likeness (QED) is 0.496. The van der Waals surface area contributed by atoms with Crippen LogP contribution in [-0.2, 0) is 19.9 Å². The maximum atomic E-state index is 12.4. The smallest absolute Gasteiger partial charge is 0.189 e. The van der Waals surface area contributed by atoms with E-state index in [9.17, 15) is 35.1 Å². The van der Waals surface area contributed by atoms with Gasteiger partial charge in [0.15, 0.2) is 0 Å². The summed E-state index contributed by atoms with van der Waals surface area (Å²) in [6, 6.07) is 0. The van der Waals surface area contributed by atoms with Crippen molar-refractivity contribution in [1.82, 2.24) is 0 Å². The van der Waals surface area contributed by atoms with Crippen LogP contribution in [0.15, 0.2) is 0 Å². The second kappa shape index (κ2) is 3.38. The Hall–Kier alpha value is -0.720. The molecule has 12 heteroatoms. The normalized spacial score (nSPS) is 31.5. The molecule has 1 saturated heterocycles. The Balaban J connectivity index is 3.23. The molecule has 1 rings (SSSR count). The molecule has 0 aromatic rings. The van der Waals surface area contributed by atoms with Crippen LogP contribution in [-0.4, -0.2) is 24.1 Å². The van der Waals surface area contributed by atoms with E-state index in [1.54, 1.807) is 0 Å². The molecule has 0 spiro atoms. The van der Waals surface area contributed by atoms with Gasteiger partial charge < -0.3 is 0 Å². The van der Waals surface area contributed by atoms with E-state index in [0.29, 0.717) is 0 Å². The van der Waals surface area contributed by atoms with E-state index in [0.717, 1.165) is 0 Å². The van der Waals surface area contributed by atoms with E-state index >= 15 is 0 Å². The lowest BCUT2D eigenvalue weighted by Gasteiger charge is -2.35. The molecule has 16 heavy (non-hydrogen) atoms. The third-order valence-electron chi connectivity index (χ3n) is 1.43. The van der Waals surface area contributed by atoms with Crippen molar-refractivity contribution in [2.24, 2.45) is 0 Å². The lowest BCUT2D eigenvalue weighted by atomic mass is 10.1. The summed E-state index contributed by atoms with van der Waals surface area (Å²) < 4.78 is 98.4. The fraction of sp³-hybridized carbons (Fsp3) is 1.00. The van der Waals surface area contributed by atoms with Gasteiger partial charge in [0, 0.05) is 0 Å². The standard InChI is InChI=1S/C4F8O4/c5-1(6)2(7,8)4(11,12)14-16-15-13-3(1,9)10. The summed E-state index contributed by atoms with van der Waals surface area (Å²) in [4.78, 5) is 4.74. The van der Waals surface area contributed by atoms with Gasteiger partial charge in [0.2, 0.25) is 0 Å². The largest absolute Gasteiger partial charge is 0.454 e. The molecule has 0 radical (unpaired) electrons. The topological polar surface area (TPSA) is 36.9 Å². The number of rotatable bonds is 0. The van der Waals surface area contributed by atoms with Crippen molar-refractivity contribution in [2.75, 3.05) is 0 Å². The molecule has 0 saturated carbocycles. The first kappa shape index (κ1) is 13.3. The van der Waals surface area contributed by atoms with Crippen LogP contribution in [0.25, 0.3) is 0 Å². The van der Waals surface area contributed by atoms with Gasteiger partial charge in [0.25, 0.3) is 0 Å². The lowest BCUT2D eigenvalue weighted by molar-refractivity contribution is -0.735. The molecule has 4 nitrogen and oxygen atoms in total. The van der Waals surface area contributed by atoms with Crippen LogP contribution >= 0.6 is 0 Å². The van der Waals surface area contributed by atoms with E-state index in [-0.39, 0.29) is 0 Å². The summed E-state index contributed by atoms with van der Waals surface area (Å²) in [5, 5.41) is 5.18. The van der Waals surface area contributed by atoms with Gasteiger partial charge in [-0.2, -0.15) is 35.1 Å². The van der Waals surface area contributed by atoms with Crippen molar-refractivity contribution >= 4 is 0 Å². The zero-order chi connectivity index (χ0) is 12.8. The molecule has 0 aromatic heterocycles. The van der Waals surface area contributed by atoms with Gasteiger partial charge in [0.05, 0.1) is 0 Å². The number of hydrogen-bond acceptors (Lipinski definition) is 4.